The summed E-state index contributed by atoms with van der Waals surface area (Å²) in [5, 5.41) is 5.42. The molecule has 1 aromatic heterocycles. The molecule has 0 atom stereocenters. The summed E-state index contributed by atoms with van der Waals surface area (Å²) in [7, 11) is 3.29. The minimum absolute atomic E-state index is 0.417. The Morgan fingerprint density at radius 2 is 1.53 bits per heavy atom. The molecule has 4 nitrogen and oxygen atoms in total. The number of ether oxygens (including phenoxy) is 3. The monoisotopic (exact) mass is 395 g/mol. The molecule has 0 bridgehead atoms. The van der Waals surface area contributed by atoms with Gasteiger partial charge in [-0.1, -0.05) is 66.7 Å². The Balaban J connectivity index is 1.76. The molecule has 0 aliphatic rings. The predicted molar refractivity (Wildman–Crippen MR) is 121 cm³/mol. The maximum Gasteiger partial charge on any atom is 0.204 e. The molecule has 30 heavy (non-hydrogen) atoms. The number of rotatable bonds is 5. The quantitative estimate of drug-likeness (QED) is 0.335. The lowest BCUT2D eigenvalue weighted by Gasteiger charge is -2.18. The van der Waals surface area contributed by atoms with Gasteiger partial charge in [0, 0.05) is 17.6 Å². The Morgan fingerprint density at radius 1 is 0.733 bits per heavy atom. The lowest BCUT2D eigenvalue weighted by atomic mass is 9.99. The highest BCUT2D eigenvalue weighted by Gasteiger charge is 2.20. The molecule has 0 N–H and O–H groups in total. The van der Waals surface area contributed by atoms with E-state index in [2.05, 4.69) is 24.3 Å². The number of nitrogens with zero attached hydrogens (tertiary/aromatic N) is 1. The normalized spacial score (nSPS) is 11.1. The Bertz CT molecular complexity index is 1360. The van der Waals surface area contributed by atoms with E-state index in [0.717, 1.165) is 32.6 Å². The highest BCUT2D eigenvalue weighted by atomic mass is 16.5. The second-order valence-electron chi connectivity index (χ2n) is 7.12. The molecule has 1 heterocycles. The number of aromatic nitrogens is 1. The van der Waals surface area contributed by atoms with Crippen LogP contribution in [-0.4, -0.2) is 19.2 Å². The largest absolute Gasteiger partial charge is 0.493 e. The molecular formula is C26H21NO3. The Kier molecular flexibility index (Phi) is 4.60. The predicted octanol–water partition coefficient (Wildman–Crippen LogP) is 6.14. The van der Waals surface area contributed by atoms with Crippen molar-refractivity contribution in [1.29, 1.82) is 0 Å². The molecule has 0 fully saturated rings. The maximum atomic E-state index is 6.20. The summed E-state index contributed by atoms with van der Waals surface area (Å²) < 4.78 is 17.7. The SMILES string of the molecule is COc1cc2ncc3c4ccccc4ccc3c2c(OC)c1OCc1ccccc1. The zero-order valence-corrected chi connectivity index (χ0v) is 16.9. The molecule has 0 unspecified atom stereocenters. The standard InChI is InChI=1S/C26H21NO3/c1-28-23-14-22-24(26(29-2)25(23)30-16-17-8-4-3-5-9-17)20-13-12-18-10-6-7-11-19(18)21(20)15-27-22/h3-15H,16H2,1-2H3. The first-order valence-electron chi connectivity index (χ1n) is 9.82. The van der Waals surface area contributed by atoms with Crippen molar-refractivity contribution in [2.45, 2.75) is 6.61 Å². The second kappa shape index (κ2) is 7.56. The van der Waals surface area contributed by atoms with Crippen molar-refractivity contribution in [2.24, 2.45) is 0 Å². The van der Waals surface area contributed by atoms with Gasteiger partial charge in [0.15, 0.2) is 11.5 Å². The molecule has 4 heteroatoms. The molecule has 5 rings (SSSR count). The van der Waals surface area contributed by atoms with Crippen molar-refractivity contribution in [2.75, 3.05) is 14.2 Å². The first-order chi connectivity index (χ1) is 14.8. The molecular weight excluding hydrogens is 374 g/mol. The molecule has 0 saturated heterocycles. The summed E-state index contributed by atoms with van der Waals surface area (Å²) in [5.74, 6) is 1.82. The Labute approximate surface area is 174 Å². The molecule has 0 saturated carbocycles. The fourth-order valence-corrected chi connectivity index (χ4v) is 3.97. The molecule has 0 spiro atoms. The highest BCUT2D eigenvalue weighted by Crippen LogP contribution is 2.46. The summed E-state index contributed by atoms with van der Waals surface area (Å²) in [6.45, 7) is 0.417. The van der Waals surface area contributed by atoms with Crippen molar-refractivity contribution < 1.29 is 14.2 Å². The van der Waals surface area contributed by atoms with E-state index < -0.39 is 0 Å². The van der Waals surface area contributed by atoms with E-state index in [-0.39, 0.29) is 0 Å². The van der Waals surface area contributed by atoms with Crippen molar-refractivity contribution in [3.05, 3.63) is 84.6 Å². The van der Waals surface area contributed by atoms with Gasteiger partial charge in [0.05, 0.1) is 25.1 Å². The summed E-state index contributed by atoms with van der Waals surface area (Å²) in [6, 6.07) is 24.5. The highest BCUT2D eigenvalue weighted by molar-refractivity contribution is 6.18. The van der Waals surface area contributed by atoms with Crippen LogP contribution in [0.15, 0.2) is 79.0 Å². The molecule has 0 aliphatic carbocycles. The average Bonchev–Trinajstić information content (AvgIpc) is 2.81. The van der Waals surface area contributed by atoms with Gasteiger partial charge in [0.25, 0.3) is 0 Å². The van der Waals surface area contributed by atoms with Crippen molar-refractivity contribution in [3.63, 3.8) is 0 Å². The van der Waals surface area contributed by atoms with Gasteiger partial charge in [0.1, 0.15) is 6.61 Å². The third kappa shape index (κ3) is 2.98. The van der Waals surface area contributed by atoms with Gasteiger partial charge in [0.2, 0.25) is 5.75 Å². The summed E-state index contributed by atoms with van der Waals surface area (Å²) >= 11 is 0. The minimum Gasteiger partial charge on any atom is -0.493 e. The van der Waals surface area contributed by atoms with Crippen LogP contribution in [0.4, 0.5) is 0 Å². The zero-order valence-electron chi connectivity index (χ0n) is 16.9. The average molecular weight is 395 g/mol. The lowest BCUT2D eigenvalue weighted by molar-refractivity contribution is 0.267. The first-order valence-corrected chi connectivity index (χ1v) is 9.82. The van der Waals surface area contributed by atoms with E-state index in [1.54, 1.807) is 14.2 Å². The van der Waals surface area contributed by atoms with Crippen molar-refractivity contribution >= 4 is 32.4 Å². The van der Waals surface area contributed by atoms with E-state index in [9.17, 15) is 0 Å². The van der Waals surface area contributed by atoms with E-state index in [4.69, 9.17) is 19.2 Å². The van der Waals surface area contributed by atoms with Gasteiger partial charge < -0.3 is 14.2 Å². The molecule has 148 valence electrons. The van der Waals surface area contributed by atoms with Crippen LogP contribution >= 0.6 is 0 Å². The number of benzene rings is 4. The van der Waals surface area contributed by atoms with Crippen LogP contribution in [0.25, 0.3) is 32.4 Å². The number of fused-ring (bicyclic) bond motifs is 5. The Hall–Kier alpha value is -3.79. The fourth-order valence-electron chi connectivity index (χ4n) is 3.97. The molecule has 0 aliphatic heterocycles. The number of hydrogen-bond donors (Lipinski definition) is 0. The van der Waals surface area contributed by atoms with Crippen LogP contribution in [0.3, 0.4) is 0 Å². The molecule has 5 aromatic rings. The van der Waals surface area contributed by atoms with Gasteiger partial charge in [-0.25, -0.2) is 0 Å². The number of methoxy groups -OCH3 is 2. The van der Waals surface area contributed by atoms with Gasteiger partial charge in [-0.05, 0) is 21.7 Å². The van der Waals surface area contributed by atoms with Crippen LogP contribution in [0.2, 0.25) is 0 Å². The van der Waals surface area contributed by atoms with Gasteiger partial charge >= 0.3 is 0 Å². The van der Waals surface area contributed by atoms with Crippen LogP contribution in [0.1, 0.15) is 5.56 Å². The van der Waals surface area contributed by atoms with Gasteiger partial charge in [-0.3, -0.25) is 4.98 Å². The molecule has 4 aromatic carbocycles. The van der Waals surface area contributed by atoms with E-state index in [1.165, 1.54) is 5.39 Å². The Morgan fingerprint density at radius 3 is 2.33 bits per heavy atom. The van der Waals surface area contributed by atoms with Crippen molar-refractivity contribution in [3.8, 4) is 17.2 Å². The maximum absolute atomic E-state index is 6.20. The third-order valence-electron chi connectivity index (χ3n) is 5.40. The van der Waals surface area contributed by atoms with Crippen LogP contribution in [-0.2, 0) is 6.61 Å². The minimum atomic E-state index is 0.417. The fraction of sp³-hybridized carbons (Fsp3) is 0.115. The smallest absolute Gasteiger partial charge is 0.204 e. The second-order valence-corrected chi connectivity index (χ2v) is 7.12. The number of pyridine rings is 1. The zero-order chi connectivity index (χ0) is 20.5. The topological polar surface area (TPSA) is 40.6 Å². The van der Waals surface area contributed by atoms with Crippen LogP contribution < -0.4 is 14.2 Å². The third-order valence-corrected chi connectivity index (χ3v) is 5.40. The van der Waals surface area contributed by atoms with Crippen molar-refractivity contribution in [1.82, 2.24) is 4.98 Å². The van der Waals surface area contributed by atoms with Gasteiger partial charge in [-0.2, -0.15) is 0 Å². The van der Waals surface area contributed by atoms with Crippen LogP contribution in [0, 0.1) is 0 Å². The molecule has 0 radical (unpaired) electrons. The number of hydrogen-bond acceptors (Lipinski definition) is 4. The molecule has 0 amide bonds. The van der Waals surface area contributed by atoms with Crippen LogP contribution in [0.5, 0.6) is 17.2 Å². The van der Waals surface area contributed by atoms with E-state index in [1.807, 2.05) is 54.7 Å². The van der Waals surface area contributed by atoms with E-state index in [0.29, 0.717) is 23.9 Å². The summed E-state index contributed by atoms with van der Waals surface area (Å²) in [6.07, 6.45) is 1.92. The van der Waals surface area contributed by atoms with Gasteiger partial charge in [-0.15, -0.1) is 0 Å². The lowest BCUT2D eigenvalue weighted by Crippen LogP contribution is -2.01. The summed E-state index contributed by atoms with van der Waals surface area (Å²) in [4.78, 5) is 4.72. The van der Waals surface area contributed by atoms with E-state index >= 15 is 0 Å². The summed E-state index contributed by atoms with van der Waals surface area (Å²) in [5.41, 5.74) is 1.88. The first kappa shape index (κ1) is 18.3.